The van der Waals surface area contributed by atoms with Gasteiger partial charge in [0, 0.05) is 13.7 Å². The first-order chi connectivity index (χ1) is 10.8. The van der Waals surface area contributed by atoms with Gasteiger partial charge in [0.15, 0.2) is 11.6 Å². The average Bonchev–Trinajstić information content (AvgIpc) is 2.99. The number of nitrogens with one attached hydrogen (secondary N) is 1. The van der Waals surface area contributed by atoms with Crippen LogP contribution in [0.4, 0.5) is 0 Å². The molecule has 0 saturated carbocycles. The normalized spacial score (nSPS) is 19.5. The molecule has 22 heavy (non-hydrogen) atoms. The molecule has 1 saturated heterocycles. The van der Waals surface area contributed by atoms with Crippen LogP contribution < -0.4 is 0 Å². The Kier molecular flexibility index (Phi) is 4.85. The molecule has 0 amide bonds. The molecule has 0 radical (unpaired) electrons. The number of rotatable bonds is 5. The van der Waals surface area contributed by atoms with E-state index in [9.17, 15) is 0 Å². The van der Waals surface area contributed by atoms with Crippen molar-refractivity contribution in [1.29, 1.82) is 0 Å². The molecule has 118 valence electrons. The van der Waals surface area contributed by atoms with E-state index in [0.717, 1.165) is 31.2 Å². The van der Waals surface area contributed by atoms with E-state index >= 15 is 0 Å². The molecule has 1 aliphatic rings. The Morgan fingerprint density at radius 3 is 3.00 bits per heavy atom. The van der Waals surface area contributed by atoms with Crippen LogP contribution in [-0.2, 0) is 17.9 Å². The van der Waals surface area contributed by atoms with E-state index in [-0.39, 0.29) is 0 Å². The molecule has 3 rings (SSSR count). The quantitative estimate of drug-likeness (QED) is 0.922. The molecule has 0 aliphatic carbocycles. The maximum absolute atomic E-state index is 5.12. The number of hydrogen-bond donors (Lipinski definition) is 1. The van der Waals surface area contributed by atoms with E-state index < -0.39 is 0 Å². The number of methoxy groups -OCH3 is 1. The van der Waals surface area contributed by atoms with Gasteiger partial charge in [-0.05, 0) is 37.4 Å². The van der Waals surface area contributed by atoms with Crippen molar-refractivity contribution in [2.75, 3.05) is 13.7 Å². The third kappa shape index (κ3) is 3.36. The molecule has 1 N–H and O–H groups in total. The summed E-state index contributed by atoms with van der Waals surface area (Å²) in [6, 6.07) is 8.91. The lowest BCUT2D eigenvalue weighted by Gasteiger charge is -2.34. The van der Waals surface area contributed by atoms with Gasteiger partial charge in [0.2, 0.25) is 0 Å². The summed E-state index contributed by atoms with van der Waals surface area (Å²) in [5, 5.41) is 7.40. The van der Waals surface area contributed by atoms with Gasteiger partial charge in [0.25, 0.3) is 0 Å². The number of aromatic nitrogens is 3. The van der Waals surface area contributed by atoms with E-state index in [2.05, 4.69) is 51.3 Å². The predicted octanol–water partition coefficient (Wildman–Crippen LogP) is 2.99. The molecule has 5 heteroatoms. The van der Waals surface area contributed by atoms with Crippen LogP contribution in [-0.4, -0.2) is 33.7 Å². The van der Waals surface area contributed by atoms with Crippen LogP contribution in [0.1, 0.15) is 48.1 Å². The highest BCUT2D eigenvalue weighted by Crippen LogP contribution is 2.30. The van der Waals surface area contributed by atoms with Gasteiger partial charge in [0.1, 0.15) is 6.61 Å². The van der Waals surface area contributed by atoms with Crippen LogP contribution in [0.15, 0.2) is 24.3 Å². The Morgan fingerprint density at radius 1 is 1.32 bits per heavy atom. The van der Waals surface area contributed by atoms with Crippen LogP contribution in [0.2, 0.25) is 0 Å². The van der Waals surface area contributed by atoms with E-state index in [1.54, 1.807) is 7.11 Å². The lowest BCUT2D eigenvalue weighted by Crippen LogP contribution is -2.33. The molecular formula is C17H24N4O. The first-order valence-corrected chi connectivity index (χ1v) is 7.96. The van der Waals surface area contributed by atoms with Crippen molar-refractivity contribution in [3.63, 3.8) is 0 Å². The SMILES string of the molecule is COCc1nc(C2CCCCN2Cc2ccccc2C)n[nH]1. The Morgan fingerprint density at radius 2 is 2.18 bits per heavy atom. The van der Waals surface area contributed by atoms with E-state index in [0.29, 0.717) is 12.6 Å². The number of likely N-dealkylation sites (tertiary alicyclic amines) is 1. The van der Waals surface area contributed by atoms with Crippen LogP contribution in [0.3, 0.4) is 0 Å². The van der Waals surface area contributed by atoms with Crippen molar-refractivity contribution < 1.29 is 4.74 Å². The van der Waals surface area contributed by atoms with Crippen molar-refractivity contribution >= 4 is 0 Å². The molecule has 1 aromatic carbocycles. The zero-order valence-corrected chi connectivity index (χ0v) is 13.4. The van der Waals surface area contributed by atoms with Gasteiger partial charge in [-0.1, -0.05) is 30.7 Å². The third-order valence-electron chi connectivity index (χ3n) is 4.38. The van der Waals surface area contributed by atoms with Crippen molar-refractivity contribution in [2.24, 2.45) is 0 Å². The third-order valence-corrected chi connectivity index (χ3v) is 4.38. The van der Waals surface area contributed by atoms with Gasteiger partial charge < -0.3 is 4.74 Å². The van der Waals surface area contributed by atoms with Crippen molar-refractivity contribution in [1.82, 2.24) is 20.1 Å². The van der Waals surface area contributed by atoms with Gasteiger partial charge in [-0.2, -0.15) is 5.10 Å². The zero-order chi connectivity index (χ0) is 15.4. The van der Waals surface area contributed by atoms with Crippen LogP contribution in [0.5, 0.6) is 0 Å². The number of aryl methyl sites for hydroxylation is 1. The summed E-state index contributed by atoms with van der Waals surface area (Å²) >= 11 is 0. The molecule has 2 aromatic rings. The first-order valence-electron chi connectivity index (χ1n) is 7.96. The van der Waals surface area contributed by atoms with Crippen molar-refractivity contribution in [3.05, 3.63) is 47.0 Å². The summed E-state index contributed by atoms with van der Waals surface area (Å²) in [5.41, 5.74) is 2.74. The lowest BCUT2D eigenvalue weighted by molar-refractivity contribution is 0.133. The first kappa shape index (κ1) is 15.2. The molecule has 0 bridgehead atoms. The summed E-state index contributed by atoms with van der Waals surface area (Å²) in [7, 11) is 1.67. The van der Waals surface area contributed by atoms with E-state index in [1.807, 2.05) is 0 Å². The minimum absolute atomic E-state index is 0.301. The lowest BCUT2D eigenvalue weighted by atomic mass is 9.99. The highest BCUT2D eigenvalue weighted by atomic mass is 16.5. The molecule has 1 aliphatic heterocycles. The van der Waals surface area contributed by atoms with E-state index in [1.165, 1.54) is 24.0 Å². The number of aromatic amines is 1. The predicted molar refractivity (Wildman–Crippen MR) is 85.3 cm³/mol. The molecule has 1 atom stereocenters. The van der Waals surface area contributed by atoms with Crippen molar-refractivity contribution in [3.8, 4) is 0 Å². The van der Waals surface area contributed by atoms with Gasteiger partial charge in [0.05, 0.1) is 6.04 Å². The minimum atomic E-state index is 0.301. The van der Waals surface area contributed by atoms with Crippen LogP contribution in [0.25, 0.3) is 0 Å². The Labute approximate surface area is 131 Å². The fourth-order valence-corrected chi connectivity index (χ4v) is 3.14. The highest BCUT2D eigenvalue weighted by Gasteiger charge is 2.27. The van der Waals surface area contributed by atoms with Crippen molar-refractivity contribution in [2.45, 2.75) is 45.4 Å². The molecule has 2 heterocycles. The molecular weight excluding hydrogens is 276 g/mol. The maximum Gasteiger partial charge on any atom is 0.167 e. The number of ether oxygens (including phenoxy) is 1. The zero-order valence-electron chi connectivity index (χ0n) is 13.4. The summed E-state index contributed by atoms with van der Waals surface area (Å²) in [6.07, 6.45) is 3.61. The van der Waals surface area contributed by atoms with E-state index in [4.69, 9.17) is 4.74 Å². The Balaban J connectivity index is 1.77. The number of benzene rings is 1. The van der Waals surface area contributed by atoms with Gasteiger partial charge >= 0.3 is 0 Å². The molecule has 5 nitrogen and oxygen atoms in total. The fourth-order valence-electron chi connectivity index (χ4n) is 3.14. The minimum Gasteiger partial charge on any atom is -0.377 e. The molecule has 1 fully saturated rings. The van der Waals surface area contributed by atoms with Gasteiger partial charge in [-0.15, -0.1) is 0 Å². The monoisotopic (exact) mass is 300 g/mol. The average molecular weight is 300 g/mol. The Hall–Kier alpha value is -1.72. The highest BCUT2D eigenvalue weighted by molar-refractivity contribution is 5.25. The molecule has 1 unspecified atom stereocenters. The second-order valence-electron chi connectivity index (χ2n) is 5.98. The fraction of sp³-hybridized carbons (Fsp3) is 0.529. The van der Waals surface area contributed by atoms with Crippen LogP contribution in [0, 0.1) is 6.92 Å². The second kappa shape index (κ2) is 7.03. The topological polar surface area (TPSA) is 54.0 Å². The number of hydrogen-bond acceptors (Lipinski definition) is 4. The maximum atomic E-state index is 5.12. The number of piperidine rings is 1. The van der Waals surface area contributed by atoms with Gasteiger partial charge in [-0.25, -0.2) is 4.98 Å². The van der Waals surface area contributed by atoms with Crippen LogP contribution >= 0.6 is 0 Å². The summed E-state index contributed by atoms with van der Waals surface area (Å²) in [6.45, 7) is 4.73. The number of H-pyrrole nitrogens is 1. The molecule has 1 aromatic heterocycles. The smallest absolute Gasteiger partial charge is 0.167 e. The molecule has 0 spiro atoms. The summed E-state index contributed by atoms with van der Waals surface area (Å²) in [4.78, 5) is 7.11. The standard InChI is InChI=1S/C17H24N4O/c1-13-7-3-4-8-14(13)11-21-10-6-5-9-15(21)17-18-16(12-22-2)19-20-17/h3-4,7-8,15H,5-6,9-12H2,1-2H3,(H,18,19,20). The second-order valence-corrected chi connectivity index (χ2v) is 5.98. The number of nitrogens with zero attached hydrogens (tertiary/aromatic N) is 3. The summed E-state index contributed by atoms with van der Waals surface area (Å²) in [5.74, 6) is 1.71. The van der Waals surface area contributed by atoms with Gasteiger partial charge in [-0.3, -0.25) is 10.00 Å². The largest absolute Gasteiger partial charge is 0.377 e. The summed E-state index contributed by atoms with van der Waals surface area (Å²) < 4.78 is 5.12. The Bertz CT molecular complexity index is 610.